The van der Waals surface area contributed by atoms with E-state index in [9.17, 15) is 19.1 Å². The Morgan fingerprint density at radius 3 is 2.62 bits per heavy atom. The van der Waals surface area contributed by atoms with Gasteiger partial charge in [0.1, 0.15) is 17.1 Å². The number of carbonyl (C=O) groups is 2. The number of benzene rings is 1. The molecule has 5 nitrogen and oxygen atoms in total. The Bertz CT molecular complexity index is 766. The minimum absolute atomic E-state index is 0.0263. The van der Waals surface area contributed by atoms with Gasteiger partial charge in [-0.15, -0.1) is 0 Å². The first-order valence-electron chi connectivity index (χ1n) is 7.93. The van der Waals surface area contributed by atoms with Crippen LogP contribution in [0.4, 0.5) is 4.39 Å². The maximum Gasteiger partial charge on any atom is 0.339 e. The average molecular weight is 331 g/mol. The van der Waals surface area contributed by atoms with Crippen molar-refractivity contribution in [3.8, 4) is 0 Å². The van der Waals surface area contributed by atoms with E-state index in [2.05, 4.69) is 0 Å². The third-order valence-electron chi connectivity index (χ3n) is 4.34. The molecule has 0 bridgehead atoms. The second kappa shape index (κ2) is 6.47. The Labute approximate surface area is 138 Å². The molecule has 1 saturated heterocycles. The summed E-state index contributed by atoms with van der Waals surface area (Å²) in [6, 6.07) is 7.24. The zero-order chi connectivity index (χ0) is 17.3. The predicted octanol–water partition coefficient (Wildman–Crippen LogP) is 3.66. The molecule has 1 N–H and O–H groups in total. The smallest absolute Gasteiger partial charge is 0.339 e. The predicted molar refractivity (Wildman–Crippen MR) is 84.5 cm³/mol. The Hall–Kier alpha value is -2.63. The van der Waals surface area contributed by atoms with Gasteiger partial charge in [-0.1, -0.05) is 19.1 Å². The standard InChI is InChI=1S/C18H18FNO4/c1-2-15-13(18(22)23)10-16(24-15)17(21)20-9-3-4-14(20)11-5-7-12(19)8-6-11/h5-8,10,14H,2-4,9H2,1H3,(H,22,23). The van der Waals surface area contributed by atoms with Crippen LogP contribution in [0.5, 0.6) is 0 Å². The van der Waals surface area contributed by atoms with Gasteiger partial charge in [0.2, 0.25) is 0 Å². The lowest BCUT2D eigenvalue weighted by atomic mass is 10.0. The highest BCUT2D eigenvalue weighted by molar-refractivity contribution is 5.96. The van der Waals surface area contributed by atoms with Crippen LogP contribution in [0.25, 0.3) is 0 Å². The molecule has 1 unspecified atom stereocenters. The van der Waals surface area contributed by atoms with Gasteiger partial charge in [0.25, 0.3) is 5.91 Å². The lowest BCUT2D eigenvalue weighted by Gasteiger charge is -2.24. The van der Waals surface area contributed by atoms with E-state index in [-0.39, 0.29) is 29.1 Å². The molecule has 0 radical (unpaired) electrons. The molecule has 1 atom stereocenters. The van der Waals surface area contributed by atoms with Gasteiger partial charge in [0.15, 0.2) is 5.76 Å². The summed E-state index contributed by atoms with van der Waals surface area (Å²) >= 11 is 0. The Morgan fingerprint density at radius 1 is 1.33 bits per heavy atom. The fourth-order valence-electron chi connectivity index (χ4n) is 3.16. The van der Waals surface area contributed by atoms with Crippen LogP contribution in [-0.4, -0.2) is 28.4 Å². The van der Waals surface area contributed by atoms with E-state index in [4.69, 9.17) is 4.42 Å². The summed E-state index contributed by atoms with van der Waals surface area (Å²) in [6.07, 6.45) is 2.02. The first-order chi connectivity index (χ1) is 11.5. The fourth-order valence-corrected chi connectivity index (χ4v) is 3.16. The van der Waals surface area contributed by atoms with Crippen LogP contribution in [0.3, 0.4) is 0 Å². The molecule has 3 rings (SSSR count). The van der Waals surface area contributed by atoms with Gasteiger partial charge in [-0.05, 0) is 30.5 Å². The third-order valence-corrected chi connectivity index (χ3v) is 4.34. The summed E-state index contributed by atoms with van der Waals surface area (Å²) in [5.41, 5.74) is 0.890. The third kappa shape index (κ3) is 2.91. The summed E-state index contributed by atoms with van der Waals surface area (Å²) in [5, 5.41) is 9.19. The molecule has 1 aromatic carbocycles. The van der Waals surface area contributed by atoms with E-state index in [0.717, 1.165) is 18.4 Å². The molecule has 2 heterocycles. The molecular weight excluding hydrogens is 313 g/mol. The fraction of sp³-hybridized carbons (Fsp3) is 0.333. The highest BCUT2D eigenvalue weighted by atomic mass is 19.1. The number of aryl methyl sites for hydroxylation is 1. The Balaban J connectivity index is 1.88. The molecule has 1 aliphatic rings. The minimum Gasteiger partial charge on any atom is -0.478 e. The van der Waals surface area contributed by atoms with E-state index in [1.54, 1.807) is 24.0 Å². The maximum atomic E-state index is 13.1. The van der Waals surface area contributed by atoms with Crippen LogP contribution >= 0.6 is 0 Å². The van der Waals surface area contributed by atoms with Gasteiger partial charge in [-0.25, -0.2) is 9.18 Å². The van der Waals surface area contributed by atoms with Crippen molar-refractivity contribution in [2.24, 2.45) is 0 Å². The average Bonchev–Trinajstić information content (AvgIpc) is 3.22. The van der Waals surface area contributed by atoms with Gasteiger partial charge in [-0.3, -0.25) is 4.79 Å². The summed E-state index contributed by atoms with van der Waals surface area (Å²) in [4.78, 5) is 25.7. The van der Waals surface area contributed by atoms with Crippen LogP contribution in [0, 0.1) is 5.82 Å². The lowest BCUT2D eigenvalue weighted by molar-refractivity contribution is 0.0687. The van der Waals surface area contributed by atoms with Crippen molar-refractivity contribution in [1.29, 1.82) is 0 Å². The molecule has 0 aliphatic carbocycles. The highest BCUT2D eigenvalue weighted by Crippen LogP contribution is 2.33. The summed E-state index contributed by atoms with van der Waals surface area (Å²) in [5.74, 6) is -1.42. The first kappa shape index (κ1) is 16.2. The molecule has 0 saturated carbocycles. The number of carboxylic acids is 1. The van der Waals surface area contributed by atoms with Gasteiger partial charge in [-0.2, -0.15) is 0 Å². The van der Waals surface area contributed by atoms with Gasteiger partial charge >= 0.3 is 5.97 Å². The summed E-state index contributed by atoms with van der Waals surface area (Å²) in [6.45, 7) is 2.34. The van der Waals surface area contributed by atoms with Gasteiger partial charge < -0.3 is 14.4 Å². The number of nitrogens with zero attached hydrogens (tertiary/aromatic N) is 1. The largest absolute Gasteiger partial charge is 0.478 e. The zero-order valence-corrected chi connectivity index (χ0v) is 13.3. The number of halogens is 1. The van der Waals surface area contributed by atoms with Crippen molar-refractivity contribution >= 4 is 11.9 Å². The summed E-state index contributed by atoms with van der Waals surface area (Å²) in [7, 11) is 0. The molecule has 1 fully saturated rings. The second-order valence-electron chi connectivity index (χ2n) is 5.81. The number of amides is 1. The van der Waals surface area contributed by atoms with E-state index in [1.807, 2.05) is 0 Å². The molecule has 0 spiro atoms. The second-order valence-corrected chi connectivity index (χ2v) is 5.81. The Kier molecular flexibility index (Phi) is 4.38. The number of hydrogen-bond donors (Lipinski definition) is 1. The lowest BCUT2D eigenvalue weighted by Crippen LogP contribution is -2.30. The van der Waals surface area contributed by atoms with Crippen molar-refractivity contribution in [3.05, 3.63) is 58.8 Å². The SMILES string of the molecule is CCc1oc(C(=O)N2CCCC2c2ccc(F)cc2)cc1C(=O)O. The molecule has 6 heteroatoms. The molecule has 24 heavy (non-hydrogen) atoms. The maximum absolute atomic E-state index is 13.1. The van der Waals surface area contributed by atoms with Crippen molar-refractivity contribution in [2.45, 2.75) is 32.2 Å². The van der Waals surface area contributed by atoms with Crippen molar-refractivity contribution in [2.75, 3.05) is 6.54 Å². The number of carbonyl (C=O) groups excluding carboxylic acids is 1. The van der Waals surface area contributed by atoms with E-state index < -0.39 is 5.97 Å². The molecule has 1 aliphatic heterocycles. The number of hydrogen-bond acceptors (Lipinski definition) is 3. The zero-order valence-electron chi connectivity index (χ0n) is 13.3. The van der Waals surface area contributed by atoms with Crippen LogP contribution < -0.4 is 0 Å². The van der Waals surface area contributed by atoms with Gasteiger partial charge in [0, 0.05) is 19.0 Å². The number of carboxylic acid groups (broad SMARTS) is 1. The Morgan fingerprint density at radius 2 is 2.04 bits per heavy atom. The van der Waals surface area contributed by atoms with Crippen molar-refractivity contribution in [1.82, 2.24) is 4.90 Å². The minimum atomic E-state index is -1.11. The van der Waals surface area contributed by atoms with Gasteiger partial charge in [0.05, 0.1) is 6.04 Å². The monoisotopic (exact) mass is 331 g/mol. The normalized spacial score (nSPS) is 17.2. The first-order valence-corrected chi connectivity index (χ1v) is 7.93. The van der Waals surface area contributed by atoms with Crippen molar-refractivity contribution < 1.29 is 23.5 Å². The van der Waals surface area contributed by atoms with E-state index in [1.165, 1.54) is 18.2 Å². The van der Waals surface area contributed by atoms with Crippen molar-refractivity contribution in [3.63, 3.8) is 0 Å². The number of likely N-dealkylation sites (tertiary alicyclic amines) is 1. The molecule has 126 valence electrons. The topological polar surface area (TPSA) is 70.8 Å². The molecule has 2 aromatic rings. The van der Waals surface area contributed by atoms with Crippen LogP contribution in [-0.2, 0) is 6.42 Å². The molecular formula is C18H18FNO4. The molecule has 1 aromatic heterocycles. The van der Waals surface area contributed by atoms with E-state index in [0.29, 0.717) is 18.7 Å². The molecule has 1 amide bonds. The van der Waals surface area contributed by atoms with Crippen LogP contribution in [0.2, 0.25) is 0 Å². The summed E-state index contributed by atoms with van der Waals surface area (Å²) < 4.78 is 18.6. The van der Waals surface area contributed by atoms with E-state index >= 15 is 0 Å². The number of rotatable bonds is 4. The number of furan rings is 1. The number of aromatic carboxylic acids is 1. The van der Waals surface area contributed by atoms with Crippen LogP contribution in [0.15, 0.2) is 34.7 Å². The quantitative estimate of drug-likeness (QED) is 0.928. The van der Waals surface area contributed by atoms with Crippen LogP contribution in [0.1, 0.15) is 58.0 Å². The highest BCUT2D eigenvalue weighted by Gasteiger charge is 2.33.